The quantitative estimate of drug-likeness (QED) is 0.314. The number of aromatic nitrogens is 3. The molecular formula is C21H23BrN6O2S. The number of nitrogens with zero attached hydrogens (tertiary/aromatic N) is 4. The predicted molar refractivity (Wildman–Crippen MR) is 125 cm³/mol. The SMILES string of the molecule is CSc1ccc(CNC(=O)c2cn(-c3cc(C)nn3C)c(C)c(Br)c2=O)cc1.N#CN. The molecule has 0 atom stereocenters. The van der Waals surface area contributed by atoms with E-state index >= 15 is 0 Å². The lowest BCUT2D eigenvalue weighted by atomic mass is 10.2. The van der Waals surface area contributed by atoms with Crippen LogP contribution in [-0.2, 0) is 13.6 Å². The fraction of sp³-hybridized carbons (Fsp3) is 0.238. The molecule has 3 aromatic rings. The Morgan fingerprint density at radius 1 is 1.32 bits per heavy atom. The Morgan fingerprint density at radius 3 is 2.45 bits per heavy atom. The molecule has 0 unspecified atom stereocenters. The monoisotopic (exact) mass is 502 g/mol. The van der Waals surface area contributed by atoms with Gasteiger partial charge in [-0.05, 0) is 53.7 Å². The third kappa shape index (κ3) is 5.77. The summed E-state index contributed by atoms with van der Waals surface area (Å²) in [6, 6.07) is 9.85. The van der Waals surface area contributed by atoms with Gasteiger partial charge in [0, 0.05) is 36.4 Å². The Labute approximate surface area is 193 Å². The largest absolute Gasteiger partial charge is 0.348 e. The topological polar surface area (TPSA) is 119 Å². The summed E-state index contributed by atoms with van der Waals surface area (Å²) in [6.45, 7) is 4.07. The average Bonchev–Trinajstić information content (AvgIpc) is 3.09. The maximum absolute atomic E-state index is 12.7. The number of carbonyl (C=O) groups excluding carboxylic acids is 1. The van der Waals surface area contributed by atoms with Gasteiger partial charge in [0.25, 0.3) is 5.91 Å². The average molecular weight is 503 g/mol. The number of thioether (sulfide) groups is 1. The third-order valence-corrected chi connectivity index (χ3v) is 6.14. The molecule has 162 valence electrons. The number of amides is 1. The molecule has 0 saturated carbocycles. The van der Waals surface area contributed by atoms with Crippen LogP contribution in [0.2, 0.25) is 0 Å². The lowest BCUT2D eigenvalue weighted by Crippen LogP contribution is -2.30. The maximum Gasteiger partial charge on any atom is 0.257 e. The van der Waals surface area contributed by atoms with Crippen molar-refractivity contribution < 1.29 is 4.79 Å². The zero-order valence-electron chi connectivity index (χ0n) is 17.6. The van der Waals surface area contributed by atoms with E-state index in [0.29, 0.717) is 16.7 Å². The van der Waals surface area contributed by atoms with E-state index in [4.69, 9.17) is 5.26 Å². The first-order valence-corrected chi connectivity index (χ1v) is 11.2. The highest BCUT2D eigenvalue weighted by molar-refractivity contribution is 9.10. The van der Waals surface area contributed by atoms with Gasteiger partial charge in [0.1, 0.15) is 11.4 Å². The van der Waals surface area contributed by atoms with Crippen molar-refractivity contribution in [2.45, 2.75) is 25.3 Å². The van der Waals surface area contributed by atoms with E-state index in [1.54, 1.807) is 27.2 Å². The second-order valence-electron chi connectivity index (χ2n) is 6.57. The van der Waals surface area contributed by atoms with E-state index in [-0.39, 0.29) is 11.0 Å². The van der Waals surface area contributed by atoms with Crippen molar-refractivity contribution >= 4 is 33.6 Å². The van der Waals surface area contributed by atoms with Crippen LogP contribution in [0.4, 0.5) is 0 Å². The number of rotatable bonds is 5. The van der Waals surface area contributed by atoms with E-state index < -0.39 is 5.91 Å². The highest BCUT2D eigenvalue weighted by Crippen LogP contribution is 2.19. The predicted octanol–water partition coefficient (Wildman–Crippen LogP) is 3.03. The molecule has 2 aromatic heterocycles. The molecule has 1 amide bonds. The number of benzene rings is 1. The number of hydrogen-bond acceptors (Lipinski definition) is 6. The normalized spacial score (nSPS) is 10.1. The van der Waals surface area contributed by atoms with Gasteiger partial charge in [-0.25, -0.2) is 0 Å². The molecule has 0 aliphatic heterocycles. The van der Waals surface area contributed by atoms with Crippen LogP contribution in [0.5, 0.6) is 0 Å². The molecule has 1 aromatic carbocycles. The fourth-order valence-corrected chi connectivity index (χ4v) is 3.73. The van der Waals surface area contributed by atoms with Crippen LogP contribution >= 0.6 is 27.7 Å². The standard InChI is InChI=1S/C20H21BrN4O2S.CH2N2/c1-12-9-17(24(3)23-12)25-11-16(19(26)18(21)13(25)2)20(27)22-10-14-5-7-15(28-4)8-6-14;2-1-3/h5-9,11H,10H2,1-4H3,(H,22,27);2H2. The van der Waals surface area contributed by atoms with Gasteiger partial charge in [0.15, 0.2) is 6.19 Å². The summed E-state index contributed by atoms with van der Waals surface area (Å²) in [6.07, 6.45) is 4.84. The van der Waals surface area contributed by atoms with Crippen LogP contribution < -0.4 is 16.5 Å². The summed E-state index contributed by atoms with van der Waals surface area (Å²) in [7, 11) is 1.83. The summed E-state index contributed by atoms with van der Waals surface area (Å²) in [5.74, 6) is 0.365. The number of hydrogen-bond donors (Lipinski definition) is 2. The molecule has 2 heterocycles. The summed E-state index contributed by atoms with van der Waals surface area (Å²) < 4.78 is 3.88. The Kier molecular flexibility index (Phi) is 8.47. The van der Waals surface area contributed by atoms with Crippen molar-refractivity contribution in [1.82, 2.24) is 19.7 Å². The maximum atomic E-state index is 12.7. The van der Waals surface area contributed by atoms with Gasteiger partial charge < -0.3 is 15.6 Å². The molecule has 8 nitrogen and oxygen atoms in total. The minimum absolute atomic E-state index is 0.0806. The molecule has 0 fully saturated rings. The summed E-state index contributed by atoms with van der Waals surface area (Å²) in [5.41, 5.74) is 6.43. The molecule has 0 spiro atoms. The van der Waals surface area contributed by atoms with Crippen LogP contribution in [0.25, 0.3) is 5.82 Å². The van der Waals surface area contributed by atoms with Crippen molar-refractivity contribution in [1.29, 1.82) is 5.26 Å². The molecular weight excluding hydrogens is 480 g/mol. The summed E-state index contributed by atoms with van der Waals surface area (Å²) in [5, 5.41) is 14.3. The van der Waals surface area contributed by atoms with E-state index in [1.807, 2.05) is 57.5 Å². The molecule has 0 aliphatic rings. The van der Waals surface area contributed by atoms with Gasteiger partial charge in [0.05, 0.1) is 10.2 Å². The van der Waals surface area contributed by atoms with E-state index in [0.717, 1.165) is 22.0 Å². The Bertz CT molecular complexity index is 1180. The minimum Gasteiger partial charge on any atom is -0.348 e. The second-order valence-corrected chi connectivity index (χ2v) is 8.24. The first-order valence-electron chi connectivity index (χ1n) is 9.17. The van der Waals surface area contributed by atoms with Crippen LogP contribution in [0, 0.1) is 25.3 Å². The molecule has 0 saturated heterocycles. The molecule has 0 aliphatic carbocycles. The van der Waals surface area contributed by atoms with Crippen molar-refractivity contribution in [3.05, 3.63) is 73.7 Å². The minimum atomic E-state index is -0.410. The van der Waals surface area contributed by atoms with Gasteiger partial charge in [-0.15, -0.1) is 11.8 Å². The van der Waals surface area contributed by atoms with Crippen molar-refractivity contribution in [2.75, 3.05) is 6.26 Å². The zero-order valence-corrected chi connectivity index (χ0v) is 20.0. The number of carbonyl (C=O) groups is 1. The van der Waals surface area contributed by atoms with Crippen molar-refractivity contribution in [3.63, 3.8) is 0 Å². The third-order valence-electron chi connectivity index (χ3n) is 4.46. The van der Waals surface area contributed by atoms with E-state index in [9.17, 15) is 9.59 Å². The lowest BCUT2D eigenvalue weighted by Gasteiger charge is -2.14. The fourth-order valence-electron chi connectivity index (χ4n) is 2.92. The molecule has 0 radical (unpaired) electrons. The van der Waals surface area contributed by atoms with Gasteiger partial charge in [-0.3, -0.25) is 14.3 Å². The van der Waals surface area contributed by atoms with Crippen LogP contribution in [0.3, 0.4) is 0 Å². The van der Waals surface area contributed by atoms with Crippen LogP contribution in [0.1, 0.15) is 27.3 Å². The van der Waals surface area contributed by atoms with E-state index in [2.05, 4.69) is 32.1 Å². The lowest BCUT2D eigenvalue weighted by molar-refractivity contribution is 0.0949. The van der Waals surface area contributed by atoms with Crippen LogP contribution in [-0.4, -0.2) is 26.5 Å². The number of aryl methyl sites for hydroxylation is 2. The molecule has 3 N–H and O–H groups in total. The van der Waals surface area contributed by atoms with Gasteiger partial charge in [-0.2, -0.15) is 10.4 Å². The summed E-state index contributed by atoms with van der Waals surface area (Å²) in [4.78, 5) is 26.5. The molecule has 3 rings (SSSR count). The Balaban J connectivity index is 0.00000107. The smallest absolute Gasteiger partial charge is 0.257 e. The second kappa shape index (κ2) is 10.8. The first kappa shape index (κ1) is 24.2. The number of pyridine rings is 1. The molecule has 31 heavy (non-hydrogen) atoms. The zero-order chi connectivity index (χ0) is 23.1. The highest BCUT2D eigenvalue weighted by Gasteiger charge is 2.18. The van der Waals surface area contributed by atoms with Gasteiger partial charge in [0.2, 0.25) is 5.43 Å². The van der Waals surface area contributed by atoms with E-state index in [1.165, 1.54) is 6.19 Å². The first-order chi connectivity index (χ1) is 14.7. The van der Waals surface area contributed by atoms with Gasteiger partial charge in [-0.1, -0.05) is 12.1 Å². The Hall–Kier alpha value is -3.03. The van der Waals surface area contributed by atoms with Gasteiger partial charge >= 0.3 is 0 Å². The number of nitrogens with one attached hydrogen (secondary N) is 1. The van der Waals surface area contributed by atoms with Crippen molar-refractivity contribution in [3.8, 4) is 12.0 Å². The van der Waals surface area contributed by atoms with Crippen LogP contribution in [0.15, 0.2) is 50.7 Å². The Morgan fingerprint density at radius 2 is 1.94 bits per heavy atom. The van der Waals surface area contributed by atoms with Crippen molar-refractivity contribution in [2.24, 2.45) is 12.8 Å². The number of halogens is 1. The highest BCUT2D eigenvalue weighted by atomic mass is 79.9. The molecule has 0 bridgehead atoms. The molecule has 10 heteroatoms. The number of nitrogens with two attached hydrogens (primary N) is 1. The number of nitriles is 1. The summed E-state index contributed by atoms with van der Waals surface area (Å²) >= 11 is 5.01.